The molecule has 7 atom stereocenters. The van der Waals surface area contributed by atoms with Gasteiger partial charge in [0.25, 0.3) is 0 Å². The van der Waals surface area contributed by atoms with Crippen LogP contribution < -0.4 is 11.0 Å². The Morgan fingerprint density at radius 1 is 1.22 bits per heavy atom. The van der Waals surface area contributed by atoms with Crippen molar-refractivity contribution >= 4 is 5.82 Å². The monoisotopic (exact) mass is 391 g/mol. The Labute approximate surface area is 153 Å². The standard InChI is InChI=1S/C15H25N3O9/c19-5-9(23)14(25)13(24)8(22)4-16-11-1-2-18(15(26)17-11)12-3-7(21)10(6-20)27-12/h1-2,7-10,12-14,19-25H,3-6H2,(H,16,17,26)/t7-,8?,9?,10+,12+,13?,14?/m0/s1. The Balaban J connectivity index is 1.95. The summed E-state index contributed by atoms with van der Waals surface area (Å²) in [7, 11) is 0. The van der Waals surface area contributed by atoms with Crippen molar-refractivity contribution in [3.05, 3.63) is 22.7 Å². The fraction of sp³-hybridized carbons (Fsp3) is 0.733. The first kappa shape index (κ1) is 21.7. The fourth-order valence-corrected chi connectivity index (χ4v) is 2.67. The fourth-order valence-electron chi connectivity index (χ4n) is 2.67. The maximum atomic E-state index is 12.1. The molecule has 1 saturated heterocycles. The molecule has 154 valence electrons. The van der Waals surface area contributed by atoms with Gasteiger partial charge in [-0.3, -0.25) is 4.57 Å². The number of nitrogens with zero attached hydrogens (tertiary/aromatic N) is 2. The van der Waals surface area contributed by atoms with Gasteiger partial charge < -0.3 is 45.8 Å². The average Bonchev–Trinajstić information content (AvgIpc) is 3.04. The highest BCUT2D eigenvalue weighted by atomic mass is 16.5. The van der Waals surface area contributed by atoms with Crippen LogP contribution in [0.5, 0.6) is 0 Å². The predicted molar refractivity (Wildman–Crippen MR) is 89.7 cm³/mol. The summed E-state index contributed by atoms with van der Waals surface area (Å²) in [5.74, 6) is 0.0805. The molecule has 0 bridgehead atoms. The molecule has 1 aromatic heterocycles. The van der Waals surface area contributed by atoms with E-state index in [1.165, 1.54) is 12.3 Å². The summed E-state index contributed by atoms with van der Waals surface area (Å²) in [5.41, 5.74) is -0.693. The molecule has 0 aromatic carbocycles. The zero-order valence-electron chi connectivity index (χ0n) is 14.4. The molecule has 12 nitrogen and oxygen atoms in total. The lowest BCUT2D eigenvalue weighted by molar-refractivity contribution is -0.111. The number of aliphatic hydroxyl groups excluding tert-OH is 7. The first-order valence-corrected chi connectivity index (χ1v) is 8.39. The number of hydrogen-bond acceptors (Lipinski definition) is 11. The maximum absolute atomic E-state index is 12.1. The van der Waals surface area contributed by atoms with E-state index in [2.05, 4.69) is 10.3 Å². The van der Waals surface area contributed by atoms with E-state index in [1.807, 2.05) is 0 Å². The Morgan fingerprint density at radius 3 is 2.44 bits per heavy atom. The minimum Gasteiger partial charge on any atom is -0.394 e. The van der Waals surface area contributed by atoms with Crippen LogP contribution in [0.2, 0.25) is 0 Å². The van der Waals surface area contributed by atoms with Crippen LogP contribution in [-0.2, 0) is 4.74 Å². The van der Waals surface area contributed by atoms with Crippen molar-refractivity contribution in [2.24, 2.45) is 0 Å². The molecule has 8 N–H and O–H groups in total. The van der Waals surface area contributed by atoms with Gasteiger partial charge in [0.15, 0.2) is 0 Å². The predicted octanol–water partition coefficient (Wildman–Crippen LogP) is -4.27. The molecular formula is C15H25N3O9. The van der Waals surface area contributed by atoms with Gasteiger partial charge in [0.1, 0.15) is 36.5 Å². The van der Waals surface area contributed by atoms with Crippen LogP contribution in [0.3, 0.4) is 0 Å². The second kappa shape index (κ2) is 9.52. The van der Waals surface area contributed by atoms with Gasteiger partial charge in [-0.15, -0.1) is 0 Å². The van der Waals surface area contributed by atoms with Crippen molar-refractivity contribution < 1.29 is 40.5 Å². The third kappa shape index (κ3) is 5.21. The Morgan fingerprint density at radius 2 is 1.89 bits per heavy atom. The molecule has 0 amide bonds. The molecule has 2 rings (SSSR count). The third-order valence-electron chi connectivity index (χ3n) is 4.34. The maximum Gasteiger partial charge on any atom is 0.351 e. The smallest absolute Gasteiger partial charge is 0.351 e. The molecule has 0 spiro atoms. The second-order valence-corrected chi connectivity index (χ2v) is 6.30. The van der Waals surface area contributed by atoms with Crippen LogP contribution in [0, 0.1) is 0 Å². The van der Waals surface area contributed by atoms with Crippen LogP contribution in [0.15, 0.2) is 17.1 Å². The van der Waals surface area contributed by atoms with Crippen molar-refractivity contribution in [3.8, 4) is 0 Å². The lowest BCUT2D eigenvalue weighted by atomic mass is 10.0. The largest absolute Gasteiger partial charge is 0.394 e. The molecule has 1 fully saturated rings. The molecule has 1 aliphatic heterocycles. The summed E-state index contributed by atoms with van der Waals surface area (Å²) in [6.07, 6.45) is -7.57. The molecule has 0 aliphatic carbocycles. The van der Waals surface area contributed by atoms with Crippen LogP contribution in [-0.4, -0.2) is 102 Å². The summed E-state index contributed by atoms with van der Waals surface area (Å²) >= 11 is 0. The number of hydrogen-bond donors (Lipinski definition) is 8. The Hall–Kier alpha value is -1.64. The number of ether oxygens (including phenoxy) is 1. The van der Waals surface area contributed by atoms with Crippen molar-refractivity contribution in [1.29, 1.82) is 0 Å². The van der Waals surface area contributed by atoms with E-state index in [0.717, 1.165) is 4.57 Å². The first-order chi connectivity index (χ1) is 12.8. The molecule has 4 unspecified atom stereocenters. The van der Waals surface area contributed by atoms with Gasteiger partial charge in [-0.05, 0) is 6.07 Å². The molecule has 0 saturated carbocycles. The normalized spacial score (nSPS) is 27.1. The van der Waals surface area contributed by atoms with Gasteiger partial charge in [-0.25, -0.2) is 4.79 Å². The topological polar surface area (TPSA) is 198 Å². The average molecular weight is 391 g/mol. The van der Waals surface area contributed by atoms with Gasteiger partial charge in [0.05, 0.1) is 25.4 Å². The SMILES string of the molecule is O=c1nc(NCC(O)C(O)C(O)C(O)CO)ccn1[C@H]1C[C@H](O)[C@@H](CO)O1. The number of rotatable bonds is 9. The van der Waals surface area contributed by atoms with Crippen LogP contribution >= 0.6 is 0 Å². The van der Waals surface area contributed by atoms with E-state index >= 15 is 0 Å². The first-order valence-electron chi connectivity index (χ1n) is 8.39. The van der Waals surface area contributed by atoms with Crippen LogP contribution in [0.4, 0.5) is 5.82 Å². The van der Waals surface area contributed by atoms with Crippen molar-refractivity contribution in [3.63, 3.8) is 0 Å². The molecule has 2 heterocycles. The highest BCUT2D eigenvalue weighted by Gasteiger charge is 2.35. The number of nitrogens with one attached hydrogen (secondary N) is 1. The van der Waals surface area contributed by atoms with E-state index in [9.17, 15) is 30.3 Å². The zero-order valence-corrected chi connectivity index (χ0v) is 14.4. The van der Waals surface area contributed by atoms with Gasteiger partial charge in [0.2, 0.25) is 0 Å². The van der Waals surface area contributed by atoms with Crippen LogP contribution in [0.1, 0.15) is 12.6 Å². The summed E-state index contributed by atoms with van der Waals surface area (Å²) in [6, 6.07) is 1.40. The number of anilines is 1. The molecule has 12 heteroatoms. The van der Waals surface area contributed by atoms with Crippen LogP contribution in [0.25, 0.3) is 0 Å². The minimum absolute atomic E-state index is 0.0805. The van der Waals surface area contributed by atoms with E-state index in [1.54, 1.807) is 0 Å². The van der Waals surface area contributed by atoms with Gasteiger partial charge in [-0.1, -0.05) is 0 Å². The van der Waals surface area contributed by atoms with Crippen molar-refractivity contribution in [1.82, 2.24) is 9.55 Å². The molecule has 0 radical (unpaired) electrons. The Kier molecular flexibility index (Phi) is 7.64. The number of aliphatic hydroxyl groups is 7. The second-order valence-electron chi connectivity index (χ2n) is 6.30. The minimum atomic E-state index is -1.75. The lowest BCUT2D eigenvalue weighted by Crippen LogP contribution is -2.48. The van der Waals surface area contributed by atoms with Gasteiger partial charge in [0, 0.05) is 19.2 Å². The number of aromatic nitrogens is 2. The van der Waals surface area contributed by atoms with Gasteiger partial charge in [-0.2, -0.15) is 4.98 Å². The summed E-state index contributed by atoms with van der Waals surface area (Å²) in [5, 5.41) is 68.5. The molecule has 1 aliphatic rings. The van der Waals surface area contributed by atoms with E-state index < -0.39 is 55.1 Å². The third-order valence-corrected chi connectivity index (χ3v) is 4.34. The van der Waals surface area contributed by atoms with E-state index in [0.29, 0.717) is 0 Å². The molecular weight excluding hydrogens is 366 g/mol. The van der Waals surface area contributed by atoms with Crippen molar-refractivity contribution in [2.45, 2.75) is 49.3 Å². The Bertz CT molecular complexity index is 658. The highest BCUT2D eigenvalue weighted by Crippen LogP contribution is 2.27. The van der Waals surface area contributed by atoms with Crippen molar-refractivity contribution in [2.75, 3.05) is 25.1 Å². The van der Waals surface area contributed by atoms with E-state index in [-0.39, 0.29) is 25.4 Å². The molecule has 27 heavy (non-hydrogen) atoms. The quantitative estimate of drug-likeness (QED) is 0.203. The lowest BCUT2D eigenvalue weighted by Gasteiger charge is -2.25. The highest BCUT2D eigenvalue weighted by molar-refractivity contribution is 5.32. The summed E-state index contributed by atoms with van der Waals surface area (Å²) < 4.78 is 6.53. The zero-order chi connectivity index (χ0) is 20.1. The van der Waals surface area contributed by atoms with Gasteiger partial charge >= 0.3 is 5.69 Å². The summed E-state index contributed by atoms with van der Waals surface area (Å²) in [6.45, 7) is -1.46. The summed E-state index contributed by atoms with van der Waals surface area (Å²) in [4.78, 5) is 15.9. The van der Waals surface area contributed by atoms with E-state index in [4.69, 9.17) is 14.9 Å². The molecule has 1 aromatic rings.